The minimum absolute atomic E-state index is 0.0255. The molecule has 4 fully saturated rings. The summed E-state index contributed by atoms with van der Waals surface area (Å²) in [5.41, 5.74) is 0.791. The second-order valence-corrected chi connectivity index (χ2v) is 12.5. The fraction of sp³-hybridized carbons (Fsp3) is 0.710. The molecule has 1 spiro atoms. The largest absolute Gasteiger partial charge is 0.380 e. The summed E-state index contributed by atoms with van der Waals surface area (Å²) in [6.07, 6.45) is 14.4. The number of nitrogens with one attached hydrogen (secondary N) is 2. The minimum atomic E-state index is -1.15. The molecule has 0 bridgehead atoms. The molecule has 8 nitrogen and oxygen atoms in total. The first-order valence-corrected chi connectivity index (χ1v) is 15.2. The van der Waals surface area contributed by atoms with Crippen molar-refractivity contribution in [3.8, 4) is 0 Å². The third kappa shape index (κ3) is 6.49. The van der Waals surface area contributed by atoms with Crippen LogP contribution in [0.15, 0.2) is 24.3 Å². The van der Waals surface area contributed by atoms with Gasteiger partial charge in [0, 0.05) is 44.8 Å². The maximum absolute atomic E-state index is 13.2. The van der Waals surface area contributed by atoms with E-state index in [1.807, 2.05) is 24.3 Å². The second-order valence-electron chi connectivity index (χ2n) is 12.5. The van der Waals surface area contributed by atoms with E-state index in [2.05, 4.69) is 10.6 Å². The van der Waals surface area contributed by atoms with Crippen molar-refractivity contribution in [3.05, 3.63) is 35.4 Å². The molecule has 2 saturated carbocycles. The average Bonchev–Trinajstić information content (AvgIpc) is 3.73. The van der Waals surface area contributed by atoms with Crippen LogP contribution in [0.1, 0.15) is 105 Å². The Kier molecular flexibility index (Phi) is 8.62. The Morgan fingerprint density at radius 1 is 0.821 bits per heavy atom. The molecule has 2 saturated heterocycles. The Bertz CT molecular complexity index is 1020. The first-order chi connectivity index (χ1) is 18.8. The van der Waals surface area contributed by atoms with E-state index < -0.39 is 5.60 Å². The zero-order valence-electron chi connectivity index (χ0n) is 23.6. The van der Waals surface area contributed by atoms with E-state index in [4.69, 9.17) is 0 Å². The van der Waals surface area contributed by atoms with Gasteiger partial charge in [-0.1, -0.05) is 57.1 Å². The van der Waals surface area contributed by atoms with Crippen molar-refractivity contribution in [2.45, 2.75) is 101 Å². The summed E-state index contributed by atoms with van der Waals surface area (Å²) < 4.78 is 0. The monoisotopic (exact) mass is 538 g/mol. The van der Waals surface area contributed by atoms with Crippen molar-refractivity contribution in [2.75, 3.05) is 33.2 Å². The third-order valence-electron chi connectivity index (χ3n) is 9.69. The number of piperazine rings is 1. The molecule has 5 rings (SSSR count). The average molecular weight is 539 g/mol. The van der Waals surface area contributed by atoms with E-state index in [0.29, 0.717) is 44.6 Å². The Morgan fingerprint density at radius 2 is 1.38 bits per heavy atom. The lowest BCUT2D eigenvalue weighted by atomic mass is 9.66. The highest BCUT2D eigenvalue weighted by Gasteiger charge is 2.50. The minimum Gasteiger partial charge on any atom is -0.380 e. The number of carbonyl (C=O) groups excluding carboxylic acids is 3. The second kappa shape index (κ2) is 12.0. The van der Waals surface area contributed by atoms with Crippen molar-refractivity contribution >= 4 is 17.7 Å². The van der Waals surface area contributed by atoms with Gasteiger partial charge in [0.1, 0.15) is 5.60 Å². The van der Waals surface area contributed by atoms with Gasteiger partial charge in [-0.05, 0) is 61.6 Å². The van der Waals surface area contributed by atoms with Gasteiger partial charge in [-0.15, -0.1) is 0 Å². The van der Waals surface area contributed by atoms with Crippen molar-refractivity contribution in [1.29, 1.82) is 0 Å². The maximum atomic E-state index is 13.2. The van der Waals surface area contributed by atoms with Crippen LogP contribution in [0.5, 0.6) is 0 Å². The van der Waals surface area contributed by atoms with Crippen molar-refractivity contribution in [3.63, 3.8) is 0 Å². The van der Waals surface area contributed by atoms with E-state index in [1.54, 1.807) is 16.8 Å². The normalized spacial score (nSPS) is 27.0. The van der Waals surface area contributed by atoms with Crippen LogP contribution in [-0.4, -0.2) is 77.5 Å². The van der Waals surface area contributed by atoms with Gasteiger partial charge >= 0.3 is 0 Å². The van der Waals surface area contributed by atoms with E-state index in [0.717, 1.165) is 18.4 Å². The number of benzene rings is 1. The number of aliphatic hydroxyl groups is 1. The van der Waals surface area contributed by atoms with Gasteiger partial charge in [-0.25, -0.2) is 0 Å². The van der Waals surface area contributed by atoms with Gasteiger partial charge < -0.3 is 20.2 Å². The summed E-state index contributed by atoms with van der Waals surface area (Å²) in [5, 5.41) is 16.6. The molecule has 8 heteroatoms. The number of hydrogen-bond acceptors (Lipinski definition) is 5. The molecular formula is C31H46N4O4. The summed E-state index contributed by atoms with van der Waals surface area (Å²) in [7, 11) is 1.72. The van der Waals surface area contributed by atoms with Gasteiger partial charge in [-0.2, -0.15) is 0 Å². The first kappa shape index (κ1) is 28.1. The molecule has 2 aliphatic carbocycles. The molecule has 0 radical (unpaired) electrons. The van der Waals surface area contributed by atoms with Crippen molar-refractivity contribution in [1.82, 2.24) is 20.4 Å². The number of carbonyl (C=O) groups is 3. The molecule has 1 aromatic carbocycles. The van der Waals surface area contributed by atoms with Gasteiger partial charge in [0.25, 0.3) is 11.8 Å². The van der Waals surface area contributed by atoms with Crippen LogP contribution in [0.4, 0.5) is 0 Å². The Labute approximate surface area is 232 Å². The SMILES string of the molecule is CNC(=O)C1CC2(CCCCCCCCC2)CC(c2ccc(C(=O)N3CCN(C(=O)C4(O)CC4)CC3)cc2)N1. The summed E-state index contributed by atoms with van der Waals surface area (Å²) in [6.45, 7) is 1.87. The van der Waals surface area contributed by atoms with Crippen molar-refractivity contribution in [2.24, 2.45) is 5.41 Å². The lowest BCUT2D eigenvalue weighted by Crippen LogP contribution is -2.53. The molecule has 1 aromatic rings. The number of amides is 3. The molecule has 2 unspecified atom stereocenters. The molecule has 2 heterocycles. The molecule has 0 aromatic heterocycles. The molecule has 4 aliphatic rings. The van der Waals surface area contributed by atoms with Crippen LogP contribution in [0, 0.1) is 5.41 Å². The quantitative estimate of drug-likeness (QED) is 0.544. The Hall–Kier alpha value is -2.45. The predicted molar refractivity (Wildman–Crippen MR) is 150 cm³/mol. The third-order valence-corrected chi connectivity index (χ3v) is 9.69. The Morgan fingerprint density at radius 3 is 1.95 bits per heavy atom. The van der Waals surface area contributed by atoms with Crippen LogP contribution < -0.4 is 10.6 Å². The molecule has 39 heavy (non-hydrogen) atoms. The number of likely N-dealkylation sites (N-methyl/N-ethyl adjacent to an activating group) is 1. The summed E-state index contributed by atoms with van der Waals surface area (Å²) in [5.74, 6) is -0.154. The first-order valence-electron chi connectivity index (χ1n) is 15.2. The lowest BCUT2D eigenvalue weighted by Gasteiger charge is -2.46. The van der Waals surface area contributed by atoms with Crippen LogP contribution in [-0.2, 0) is 9.59 Å². The van der Waals surface area contributed by atoms with Crippen molar-refractivity contribution < 1.29 is 19.5 Å². The number of hydrogen-bond donors (Lipinski definition) is 3. The zero-order chi connectivity index (χ0) is 27.5. The number of nitrogens with zero attached hydrogens (tertiary/aromatic N) is 2. The van der Waals surface area contributed by atoms with Gasteiger partial charge in [-0.3, -0.25) is 19.7 Å². The van der Waals surface area contributed by atoms with E-state index >= 15 is 0 Å². The standard InChI is InChI=1S/C31H46N4O4/c1-32-27(36)26-22-30(13-7-5-3-2-4-6-8-14-30)21-25(33-26)23-9-11-24(12-10-23)28(37)34-17-19-35(20-18-34)29(38)31(39)15-16-31/h9-12,25-26,33,39H,2-8,13-22H2,1H3,(H,32,36). The fourth-order valence-corrected chi connectivity index (χ4v) is 7.06. The molecule has 3 amide bonds. The van der Waals surface area contributed by atoms with Gasteiger partial charge in [0.15, 0.2) is 0 Å². The Balaban J connectivity index is 1.25. The maximum Gasteiger partial charge on any atom is 0.254 e. The highest BCUT2D eigenvalue weighted by molar-refractivity contribution is 5.94. The topological polar surface area (TPSA) is 102 Å². The summed E-state index contributed by atoms with van der Waals surface area (Å²) in [4.78, 5) is 42.0. The van der Waals surface area contributed by atoms with E-state index in [-0.39, 0.29) is 35.2 Å². The molecule has 214 valence electrons. The van der Waals surface area contributed by atoms with Crippen LogP contribution in [0.25, 0.3) is 0 Å². The number of rotatable bonds is 4. The molecule has 2 atom stereocenters. The summed E-state index contributed by atoms with van der Waals surface area (Å²) in [6, 6.07) is 7.79. The molecule has 3 N–H and O–H groups in total. The zero-order valence-corrected chi connectivity index (χ0v) is 23.6. The molecule has 2 aliphatic heterocycles. The number of piperidine rings is 1. The molecular weight excluding hydrogens is 492 g/mol. The fourth-order valence-electron chi connectivity index (χ4n) is 7.06. The predicted octanol–water partition coefficient (Wildman–Crippen LogP) is 3.55. The van der Waals surface area contributed by atoms with E-state index in [9.17, 15) is 19.5 Å². The van der Waals surface area contributed by atoms with Gasteiger partial charge in [0.05, 0.1) is 6.04 Å². The summed E-state index contributed by atoms with van der Waals surface area (Å²) >= 11 is 0. The lowest BCUT2D eigenvalue weighted by molar-refractivity contribution is -0.143. The van der Waals surface area contributed by atoms with Crippen LogP contribution in [0.2, 0.25) is 0 Å². The highest BCUT2D eigenvalue weighted by Crippen LogP contribution is 2.47. The van der Waals surface area contributed by atoms with Gasteiger partial charge in [0.2, 0.25) is 5.91 Å². The van der Waals surface area contributed by atoms with Crippen LogP contribution in [0.3, 0.4) is 0 Å². The van der Waals surface area contributed by atoms with E-state index in [1.165, 1.54) is 57.8 Å². The van der Waals surface area contributed by atoms with Crippen LogP contribution >= 0.6 is 0 Å². The smallest absolute Gasteiger partial charge is 0.254 e. The highest BCUT2D eigenvalue weighted by atomic mass is 16.3.